The van der Waals surface area contributed by atoms with Crippen molar-refractivity contribution in [1.82, 2.24) is 14.8 Å². The predicted octanol–water partition coefficient (Wildman–Crippen LogP) is 5.03. The van der Waals surface area contributed by atoms with Gasteiger partial charge in [0.1, 0.15) is 23.2 Å². The van der Waals surface area contributed by atoms with Crippen LogP contribution in [0.3, 0.4) is 0 Å². The van der Waals surface area contributed by atoms with Gasteiger partial charge in [-0.15, -0.1) is 28.1 Å². The van der Waals surface area contributed by atoms with Crippen LogP contribution in [0.5, 0.6) is 5.75 Å². The van der Waals surface area contributed by atoms with Gasteiger partial charge in [-0.3, -0.25) is 9.36 Å². The van der Waals surface area contributed by atoms with Crippen LogP contribution in [-0.2, 0) is 35.5 Å². The van der Waals surface area contributed by atoms with Crippen LogP contribution in [-0.4, -0.2) is 39.0 Å². The number of halogens is 1. The highest BCUT2D eigenvalue weighted by Crippen LogP contribution is 2.38. The molecule has 0 atom stereocenters. The van der Waals surface area contributed by atoms with Gasteiger partial charge in [-0.05, 0) is 62.4 Å². The van der Waals surface area contributed by atoms with Crippen molar-refractivity contribution in [3.05, 3.63) is 64.6 Å². The summed E-state index contributed by atoms with van der Waals surface area (Å²) in [6.07, 6.45) is 5.52. The van der Waals surface area contributed by atoms with Crippen molar-refractivity contribution < 1.29 is 23.5 Å². The molecular weight excluding hydrogens is 503 g/mol. The number of nitrogens with zero attached hydrogens (tertiary/aromatic N) is 3. The Balaban J connectivity index is 1.42. The summed E-state index contributed by atoms with van der Waals surface area (Å²) in [7, 11) is 0. The fourth-order valence-electron chi connectivity index (χ4n) is 3.89. The van der Waals surface area contributed by atoms with E-state index in [1.165, 1.54) is 47.4 Å². The molecule has 4 rings (SSSR count). The van der Waals surface area contributed by atoms with Crippen molar-refractivity contribution in [1.29, 1.82) is 0 Å². The van der Waals surface area contributed by atoms with Gasteiger partial charge >= 0.3 is 5.97 Å². The van der Waals surface area contributed by atoms with Gasteiger partial charge < -0.3 is 14.8 Å². The van der Waals surface area contributed by atoms with E-state index in [2.05, 4.69) is 22.1 Å². The number of carbonyl (C=O) groups excluding carboxylic acids is 2. The number of thioether (sulfide) groups is 1. The molecule has 1 aromatic carbocycles. The van der Waals surface area contributed by atoms with Crippen LogP contribution in [0.1, 0.15) is 46.4 Å². The minimum atomic E-state index is -0.392. The largest absolute Gasteiger partial charge is 0.486 e. The Morgan fingerprint density at radius 2 is 2.03 bits per heavy atom. The molecule has 36 heavy (non-hydrogen) atoms. The van der Waals surface area contributed by atoms with E-state index in [4.69, 9.17) is 9.47 Å². The molecule has 190 valence electrons. The topological polar surface area (TPSA) is 95.3 Å². The maximum absolute atomic E-state index is 13.1. The number of aryl methyl sites for hydroxylation is 1. The van der Waals surface area contributed by atoms with Crippen molar-refractivity contribution in [2.24, 2.45) is 0 Å². The lowest BCUT2D eigenvalue weighted by molar-refractivity contribution is -0.113. The normalized spacial score (nSPS) is 12.6. The third kappa shape index (κ3) is 6.14. The van der Waals surface area contributed by atoms with Gasteiger partial charge in [0.15, 0.2) is 11.0 Å². The van der Waals surface area contributed by atoms with Gasteiger partial charge in [0.2, 0.25) is 5.91 Å². The van der Waals surface area contributed by atoms with E-state index in [0.29, 0.717) is 33.8 Å². The van der Waals surface area contributed by atoms with Gasteiger partial charge in [0, 0.05) is 11.4 Å². The molecule has 1 N–H and O–H groups in total. The fraction of sp³-hybridized carbons (Fsp3) is 0.360. The van der Waals surface area contributed by atoms with Crippen molar-refractivity contribution in [2.45, 2.75) is 50.9 Å². The lowest BCUT2D eigenvalue weighted by Gasteiger charge is -2.12. The van der Waals surface area contributed by atoms with E-state index in [-0.39, 0.29) is 30.7 Å². The number of aromatic nitrogens is 3. The lowest BCUT2D eigenvalue weighted by Crippen LogP contribution is -2.17. The Hall–Kier alpha value is -3.18. The van der Waals surface area contributed by atoms with Crippen molar-refractivity contribution >= 4 is 40.0 Å². The molecule has 0 aliphatic heterocycles. The quantitative estimate of drug-likeness (QED) is 0.211. The first kappa shape index (κ1) is 25.9. The van der Waals surface area contributed by atoms with Gasteiger partial charge in [-0.2, -0.15) is 0 Å². The van der Waals surface area contributed by atoms with Gasteiger partial charge in [0.25, 0.3) is 0 Å². The summed E-state index contributed by atoms with van der Waals surface area (Å²) in [5.41, 5.74) is 1.49. The number of hydrogen-bond donors (Lipinski definition) is 1. The van der Waals surface area contributed by atoms with Crippen LogP contribution < -0.4 is 10.1 Å². The van der Waals surface area contributed by atoms with Crippen molar-refractivity contribution in [3.63, 3.8) is 0 Å². The molecule has 1 aliphatic rings. The third-order valence-electron chi connectivity index (χ3n) is 5.52. The third-order valence-corrected chi connectivity index (χ3v) is 7.70. The highest BCUT2D eigenvalue weighted by molar-refractivity contribution is 7.99. The molecule has 0 radical (unpaired) electrons. The molecule has 0 spiro atoms. The summed E-state index contributed by atoms with van der Waals surface area (Å²) >= 11 is 2.69. The second-order valence-corrected chi connectivity index (χ2v) is 10.1. The number of nitrogens with one attached hydrogen (secondary N) is 1. The number of rotatable bonds is 11. The number of allylic oxidation sites excluding steroid dienone is 1. The summed E-state index contributed by atoms with van der Waals surface area (Å²) in [5, 5.41) is 12.4. The number of esters is 1. The molecule has 1 amide bonds. The Kier molecular flexibility index (Phi) is 8.76. The highest BCUT2D eigenvalue weighted by Gasteiger charge is 2.27. The summed E-state index contributed by atoms with van der Waals surface area (Å²) in [5.74, 6) is 0.162. The number of thiophene rings is 1. The molecule has 2 heterocycles. The molecule has 3 aromatic rings. The molecule has 8 nitrogen and oxygen atoms in total. The SMILES string of the molecule is C=CCn1c(COc2ccc(F)cc2)nnc1SCC(=O)Nc1sc2c(c1C(=O)OCC)CCCC2. The number of hydrogen-bond acceptors (Lipinski definition) is 8. The minimum Gasteiger partial charge on any atom is -0.486 e. The number of ether oxygens (including phenoxy) is 2. The van der Waals surface area contributed by atoms with E-state index in [1.54, 1.807) is 13.0 Å². The second kappa shape index (κ2) is 12.2. The summed E-state index contributed by atoms with van der Waals surface area (Å²) in [6, 6.07) is 5.72. The number of carbonyl (C=O) groups is 2. The fourth-order valence-corrected chi connectivity index (χ4v) is 5.95. The maximum Gasteiger partial charge on any atom is 0.341 e. The zero-order chi connectivity index (χ0) is 25.5. The predicted molar refractivity (Wildman–Crippen MR) is 137 cm³/mol. The summed E-state index contributed by atoms with van der Waals surface area (Å²) in [6.45, 7) is 6.39. The first-order valence-electron chi connectivity index (χ1n) is 11.7. The standard InChI is InChI=1S/C25H27FN4O4S2/c1-3-13-30-20(14-34-17-11-9-16(26)10-12-17)28-29-25(30)35-15-21(31)27-23-22(24(32)33-4-2)18-7-5-6-8-19(18)36-23/h3,9-12H,1,4-8,13-15H2,2H3,(H,27,31). The van der Waals surface area contributed by atoms with Gasteiger partial charge in [-0.25, -0.2) is 9.18 Å². The van der Waals surface area contributed by atoms with Crippen LogP contribution in [0.4, 0.5) is 9.39 Å². The number of anilines is 1. The van der Waals surface area contributed by atoms with Crippen LogP contribution in [0, 0.1) is 5.82 Å². The molecule has 1 aliphatic carbocycles. The highest BCUT2D eigenvalue weighted by atomic mass is 32.2. The molecular formula is C25H27FN4O4S2. The Labute approximate surface area is 216 Å². The Bertz CT molecular complexity index is 1240. The molecule has 0 saturated heterocycles. The molecule has 0 bridgehead atoms. The zero-order valence-corrected chi connectivity index (χ0v) is 21.6. The lowest BCUT2D eigenvalue weighted by atomic mass is 9.95. The second-order valence-electron chi connectivity index (χ2n) is 8.01. The molecule has 2 aromatic heterocycles. The van der Waals surface area contributed by atoms with Crippen LogP contribution >= 0.6 is 23.1 Å². The summed E-state index contributed by atoms with van der Waals surface area (Å²) < 4.78 is 25.9. The molecule has 0 unspecified atom stereocenters. The van der Waals surface area contributed by atoms with E-state index >= 15 is 0 Å². The Morgan fingerprint density at radius 3 is 2.78 bits per heavy atom. The maximum atomic E-state index is 13.1. The summed E-state index contributed by atoms with van der Waals surface area (Å²) in [4.78, 5) is 26.6. The van der Waals surface area contributed by atoms with E-state index in [0.717, 1.165) is 36.1 Å². The van der Waals surface area contributed by atoms with Crippen LogP contribution in [0.25, 0.3) is 0 Å². The Morgan fingerprint density at radius 1 is 1.25 bits per heavy atom. The van der Waals surface area contributed by atoms with Gasteiger partial charge in [-0.1, -0.05) is 17.8 Å². The number of fused-ring (bicyclic) bond motifs is 1. The van der Waals surface area contributed by atoms with Crippen molar-refractivity contribution in [3.8, 4) is 5.75 Å². The molecule has 0 saturated carbocycles. The first-order valence-corrected chi connectivity index (χ1v) is 13.5. The zero-order valence-electron chi connectivity index (χ0n) is 19.9. The first-order chi connectivity index (χ1) is 17.5. The monoisotopic (exact) mass is 530 g/mol. The smallest absolute Gasteiger partial charge is 0.341 e. The van der Waals surface area contributed by atoms with Crippen molar-refractivity contribution in [2.75, 3.05) is 17.7 Å². The average molecular weight is 531 g/mol. The molecule has 0 fully saturated rings. The van der Waals surface area contributed by atoms with E-state index in [9.17, 15) is 14.0 Å². The molecule has 11 heteroatoms. The van der Waals surface area contributed by atoms with E-state index < -0.39 is 5.97 Å². The van der Waals surface area contributed by atoms with Crippen LogP contribution in [0.15, 0.2) is 42.1 Å². The van der Waals surface area contributed by atoms with Crippen LogP contribution in [0.2, 0.25) is 0 Å². The number of amides is 1. The average Bonchev–Trinajstić information content (AvgIpc) is 3.43. The van der Waals surface area contributed by atoms with E-state index in [1.807, 2.05) is 4.57 Å². The minimum absolute atomic E-state index is 0.0823. The number of benzene rings is 1. The van der Waals surface area contributed by atoms with Gasteiger partial charge in [0.05, 0.1) is 17.9 Å².